The van der Waals surface area contributed by atoms with E-state index in [9.17, 15) is 0 Å². The van der Waals surface area contributed by atoms with E-state index < -0.39 is 0 Å². The van der Waals surface area contributed by atoms with Crippen molar-refractivity contribution in [3.05, 3.63) is 29.8 Å². The van der Waals surface area contributed by atoms with Gasteiger partial charge in [0, 0.05) is 12.6 Å². The summed E-state index contributed by atoms with van der Waals surface area (Å²) in [6, 6.07) is 8.44. The molecule has 0 aromatic heterocycles. The van der Waals surface area contributed by atoms with Gasteiger partial charge in [-0.25, -0.2) is 0 Å². The van der Waals surface area contributed by atoms with Gasteiger partial charge in [0.25, 0.3) is 0 Å². The van der Waals surface area contributed by atoms with E-state index >= 15 is 0 Å². The van der Waals surface area contributed by atoms with Crippen molar-refractivity contribution in [2.45, 2.75) is 51.5 Å². The lowest BCUT2D eigenvalue weighted by molar-refractivity contribution is -0.149. The van der Waals surface area contributed by atoms with E-state index in [2.05, 4.69) is 18.3 Å². The summed E-state index contributed by atoms with van der Waals surface area (Å²) in [6.45, 7) is 6.59. The van der Waals surface area contributed by atoms with Gasteiger partial charge in [0.1, 0.15) is 5.75 Å². The Hall–Kier alpha value is -1.10. The number of methoxy groups -OCH3 is 1. The Labute approximate surface area is 127 Å². The van der Waals surface area contributed by atoms with Gasteiger partial charge in [-0.3, -0.25) is 0 Å². The lowest BCUT2D eigenvalue weighted by Gasteiger charge is -2.44. The highest BCUT2D eigenvalue weighted by Crippen LogP contribution is 2.28. The standard InChI is InChI=1S/C17H27NO3/c1-4-9-18-15-11-16(17(15)20-5-2)21-12-13-7-6-8-14(10-13)19-3/h6-8,10,15-18H,4-5,9,11-12H2,1-3H3. The van der Waals surface area contributed by atoms with E-state index in [0.29, 0.717) is 12.6 Å². The Morgan fingerprint density at radius 2 is 2.10 bits per heavy atom. The van der Waals surface area contributed by atoms with Crippen molar-refractivity contribution in [1.82, 2.24) is 5.32 Å². The van der Waals surface area contributed by atoms with E-state index in [4.69, 9.17) is 14.2 Å². The predicted molar refractivity (Wildman–Crippen MR) is 83.7 cm³/mol. The van der Waals surface area contributed by atoms with Crippen LogP contribution in [0.2, 0.25) is 0 Å². The fourth-order valence-electron chi connectivity index (χ4n) is 2.66. The molecule has 1 fully saturated rings. The Kier molecular flexibility index (Phi) is 6.49. The van der Waals surface area contributed by atoms with Crippen LogP contribution in [0.5, 0.6) is 5.75 Å². The molecule has 2 rings (SSSR count). The number of hydrogen-bond donors (Lipinski definition) is 1. The first-order valence-electron chi connectivity index (χ1n) is 7.88. The van der Waals surface area contributed by atoms with Gasteiger partial charge in [-0.1, -0.05) is 19.1 Å². The first kappa shape index (κ1) is 16.3. The minimum atomic E-state index is 0.173. The van der Waals surface area contributed by atoms with Crippen molar-refractivity contribution >= 4 is 0 Å². The predicted octanol–water partition coefficient (Wildman–Crippen LogP) is 2.76. The summed E-state index contributed by atoms with van der Waals surface area (Å²) in [7, 11) is 1.68. The molecule has 0 bridgehead atoms. The maximum absolute atomic E-state index is 6.02. The van der Waals surface area contributed by atoms with E-state index in [-0.39, 0.29) is 12.2 Å². The van der Waals surface area contributed by atoms with Crippen LogP contribution < -0.4 is 10.1 Å². The van der Waals surface area contributed by atoms with Crippen molar-refractivity contribution in [3.63, 3.8) is 0 Å². The second kappa shape index (κ2) is 8.37. The summed E-state index contributed by atoms with van der Waals surface area (Å²) in [5, 5.41) is 3.53. The van der Waals surface area contributed by atoms with Crippen molar-refractivity contribution in [2.75, 3.05) is 20.3 Å². The summed E-state index contributed by atoms with van der Waals surface area (Å²) in [5.74, 6) is 0.869. The quantitative estimate of drug-likeness (QED) is 0.760. The summed E-state index contributed by atoms with van der Waals surface area (Å²) in [6.07, 6.45) is 2.52. The molecule has 0 saturated heterocycles. The maximum Gasteiger partial charge on any atom is 0.119 e. The smallest absolute Gasteiger partial charge is 0.119 e. The van der Waals surface area contributed by atoms with Gasteiger partial charge in [0.15, 0.2) is 0 Å². The van der Waals surface area contributed by atoms with E-state index in [0.717, 1.165) is 37.3 Å². The number of nitrogens with one attached hydrogen (secondary N) is 1. The monoisotopic (exact) mass is 293 g/mol. The van der Waals surface area contributed by atoms with Gasteiger partial charge >= 0.3 is 0 Å². The molecule has 1 aliphatic rings. The highest BCUT2D eigenvalue weighted by atomic mass is 16.5. The molecule has 1 aromatic rings. The number of hydrogen-bond acceptors (Lipinski definition) is 4. The lowest BCUT2D eigenvalue weighted by atomic mass is 9.85. The lowest BCUT2D eigenvalue weighted by Crippen LogP contribution is -2.60. The summed E-state index contributed by atoms with van der Waals surface area (Å²) >= 11 is 0. The SMILES string of the molecule is CCCNC1CC(OCc2cccc(OC)c2)C1OCC. The molecule has 1 aliphatic carbocycles. The summed E-state index contributed by atoms with van der Waals surface area (Å²) < 4.78 is 17.1. The van der Waals surface area contributed by atoms with Gasteiger partial charge in [0.2, 0.25) is 0 Å². The van der Waals surface area contributed by atoms with Crippen molar-refractivity contribution in [3.8, 4) is 5.75 Å². The van der Waals surface area contributed by atoms with Crippen LogP contribution in [0.15, 0.2) is 24.3 Å². The van der Waals surface area contributed by atoms with Crippen LogP contribution in [0.4, 0.5) is 0 Å². The third-order valence-electron chi connectivity index (χ3n) is 3.86. The largest absolute Gasteiger partial charge is 0.497 e. The van der Waals surface area contributed by atoms with Gasteiger partial charge in [-0.2, -0.15) is 0 Å². The highest BCUT2D eigenvalue weighted by Gasteiger charge is 2.42. The fourth-order valence-corrected chi connectivity index (χ4v) is 2.66. The van der Waals surface area contributed by atoms with E-state index in [1.54, 1.807) is 7.11 Å². The van der Waals surface area contributed by atoms with Crippen LogP contribution in [0.1, 0.15) is 32.3 Å². The Morgan fingerprint density at radius 3 is 2.81 bits per heavy atom. The molecular formula is C17H27NO3. The Morgan fingerprint density at radius 1 is 1.24 bits per heavy atom. The summed E-state index contributed by atoms with van der Waals surface area (Å²) in [5.41, 5.74) is 1.13. The van der Waals surface area contributed by atoms with E-state index in [1.165, 1.54) is 0 Å². The average Bonchev–Trinajstić information content (AvgIpc) is 2.51. The first-order valence-corrected chi connectivity index (χ1v) is 7.88. The van der Waals surface area contributed by atoms with Crippen LogP contribution in [0.25, 0.3) is 0 Å². The van der Waals surface area contributed by atoms with Crippen molar-refractivity contribution in [2.24, 2.45) is 0 Å². The molecule has 118 valence electrons. The third-order valence-corrected chi connectivity index (χ3v) is 3.86. The number of benzene rings is 1. The third kappa shape index (κ3) is 4.43. The van der Waals surface area contributed by atoms with Crippen molar-refractivity contribution in [1.29, 1.82) is 0 Å². The normalized spacial score (nSPS) is 24.6. The maximum atomic E-state index is 6.02. The first-order chi connectivity index (χ1) is 10.3. The molecule has 0 amide bonds. The van der Waals surface area contributed by atoms with Crippen LogP contribution in [-0.4, -0.2) is 38.5 Å². The minimum absolute atomic E-state index is 0.173. The van der Waals surface area contributed by atoms with Crippen LogP contribution in [0, 0.1) is 0 Å². The van der Waals surface area contributed by atoms with Gasteiger partial charge in [0.05, 0.1) is 25.9 Å². The summed E-state index contributed by atoms with van der Waals surface area (Å²) in [4.78, 5) is 0. The van der Waals surface area contributed by atoms with Crippen LogP contribution in [-0.2, 0) is 16.1 Å². The van der Waals surface area contributed by atoms with Crippen LogP contribution in [0.3, 0.4) is 0 Å². The zero-order chi connectivity index (χ0) is 15.1. The van der Waals surface area contributed by atoms with Gasteiger partial charge in [-0.15, -0.1) is 0 Å². The molecule has 0 spiro atoms. The fraction of sp³-hybridized carbons (Fsp3) is 0.647. The minimum Gasteiger partial charge on any atom is -0.497 e. The molecule has 21 heavy (non-hydrogen) atoms. The molecule has 3 atom stereocenters. The number of rotatable bonds is 9. The Balaban J connectivity index is 1.82. The second-order valence-electron chi connectivity index (χ2n) is 5.42. The molecule has 1 N–H and O–H groups in total. The molecule has 4 heteroatoms. The Bertz CT molecular complexity index is 424. The highest BCUT2D eigenvalue weighted by molar-refractivity contribution is 5.27. The topological polar surface area (TPSA) is 39.7 Å². The van der Waals surface area contributed by atoms with Gasteiger partial charge < -0.3 is 19.5 Å². The average molecular weight is 293 g/mol. The molecule has 0 heterocycles. The molecular weight excluding hydrogens is 266 g/mol. The van der Waals surface area contributed by atoms with Gasteiger partial charge in [-0.05, 0) is 44.0 Å². The van der Waals surface area contributed by atoms with Crippen LogP contribution >= 0.6 is 0 Å². The zero-order valence-corrected chi connectivity index (χ0v) is 13.3. The molecule has 0 aliphatic heterocycles. The number of ether oxygens (including phenoxy) is 3. The second-order valence-corrected chi connectivity index (χ2v) is 5.42. The molecule has 1 saturated carbocycles. The molecule has 3 unspecified atom stereocenters. The molecule has 4 nitrogen and oxygen atoms in total. The van der Waals surface area contributed by atoms with Crippen molar-refractivity contribution < 1.29 is 14.2 Å². The molecule has 0 radical (unpaired) electrons. The van der Waals surface area contributed by atoms with E-state index in [1.807, 2.05) is 25.1 Å². The zero-order valence-electron chi connectivity index (χ0n) is 13.3. The molecule has 1 aromatic carbocycles.